The maximum Gasteiger partial charge on any atom is 0.258 e. The Hall–Kier alpha value is -3.53. The van der Waals surface area contributed by atoms with Gasteiger partial charge in [0.05, 0.1) is 30.2 Å². The molecule has 0 aliphatic carbocycles. The summed E-state index contributed by atoms with van der Waals surface area (Å²) in [5.74, 6) is 5.08. The third-order valence-corrected chi connectivity index (χ3v) is 4.63. The third-order valence-electron chi connectivity index (χ3n) is 4.40. The highest BCUT2D eigenvalue weighted by molar-refractivity contribution is 6.38. The number of amides is 1. The highest BCUT2D eigenvalue weighted by Gasteiger charge is 2.10. The molecule has 1 aromatic heterocycles. The Morgan fingerprint density at radius 2 is 1.97 bits per heavy atom. The highest BCUT2D eigenvalue weighted by Crippen LogP contribution is 2.18. The van der Waals surface area contributed by atoms with E-state index in [-0.39, 0.29) is 23.4 Å². The van der Waals surface area contributed by atoms with Crippen molar-refractivity contribution in [2.75, 3.05) is 13.2 Å². The Bertz CT molecular complexity index is 1200. The lowest BCUT2D eigenvalue weighted by atomic mass is 10.1. The number of carbonyl (C=O) groups is 1. The van der Waals surface area contributed by atoms with Crippen LogP contribution in [0.1, 0.15) is 15.9 Å². The number of aliphatic imine (C=N–C) groups is 1. The molecule has 0 aliphatic heterocycles. The first-order chi connectivity index (χ1) is 14.9. The maximum atomic E-state index is 12.4. The van der Waals surface area contributed by atoms with Gasteiger partial charge in [-0.05, 0) is 48.5 Å². The minimum atomic E-state index is -1.02. The first-order valence-electron chi connectivity index (χ1n) is 9.23. The molecular weight excluding hydrogens is 422 g/mol. The number of nitrogens with zero attached hydrogens (tertiary/aromatic N) is 2. The zero-order valence-corrected chi connectivity index (χ0v) is 17.0. The molecule has 0 unspecified atom stereocenters. The number of aliphatic hydroxyl groups excluding tert-OH is 2. The van der Waals surface area contributed by atoms with Crippen LogP contribution in [0.4, 0.5) is 5.69 Å². The number of benzene rings is 2. The molecule has 0 saturated heterocycles. The number of H-pyrrole nitrogens is 1. The van der Waals surface area contributed by atoms with Crippen LogP contribution in [-0.2, 0) is 0 Å². The lowest BCUT2D eigenvalue weighted by Crippen LogP contribution is -2.33. The maximum absolute atomic E-state index is 12.4. The summed E-state index contributed by atoms with van der Waals surface area (Å²) in [6.45, 7) is -0.497. The van der Waals surface area contributed by atoms with Crippen molar-refractivity contribution in [2.24, 2.45) is 15.9 Å². The first kappa shape index (κ1) is 22.2. The third kappa shape index (κ3) is 5.54. The van der Waals surface area contributed by atoms with Gasteiger partial charge in [0, 0.05) is 28.0 Å². The number of hydrogen-bond acceptors (Lipinski definition) is 7. The molecule has 31 heavy (non-hydrogen) atoms. The van der Waals surface area contributed by atoms with Gasteiger partial charge >= 0.3 is 0 Å². The fraction of sp³-hybridized carbons (Fsp3) is 0.143. The van der Waals surface area contributed by atoms with E-state index in [4.69, 9.17) is 22.6 Å². The van der Waals surface area contributed by atoms with Crippen LogP contribution in [0, 0.1) is 0 Å². The second-order valence-corrected chi connectivity index (χ2v) is 7.05. The van der Waals surface area contributed by atoms with E-state index < -0.39 is 18.6 Å². The standard InChI is InChI=1S/C21H20ClN5O4/c22-14-3-6-18-13(7-14)8-17(21(31)26-18)19(27-23)10-24-15-4-1-12(2-5-15)20(30)25-9-16(29)11-28/h1-8,10,16,28-29H,9,11,23H2,(H,25,30)(H,26,31)/t16-/m1/s1. The fourth-order valence-corrected chi connectivity index (χ4v) is 2.93. The van der Waals surface area contributed by atoms with E-state index >= 15 is 0 Å². The van der Waals surface area contributed by atoms with E-state index in [1.54, 1.807) is 48.5 Å². The van der Waals surface area contributed by atoms with Gasteiger partial charge in [-0.25, -0.2) is 0 Å². The SMILES string of the molecule is NN=C(C=Nc1ccc(C(=O)NC[C@@H](O)CO)cc1)c1cc2cc(Cl)ccc2[nH]c1=O. The lowest BCUT2D eigenvalue weighted by Gasteiger charge is -2.09. The Morgan fingerprint density at radius 3 is 2.65 bits per heavy atom. The summed E-state index contributed by atoms with van der Waals surface area (Å²) in [7, 11) is 0. The van der Waals surface area contributed by atoms with Crippen LogP contribution in [0.15, 0.2) is 63.4 Å². The summed E-state index contributed by atoms with van der Waals surface area (Å²) in [5, 5.41) is 25.5. The summed E-state index contributed by atoms with van der Waals surface area (Å²) < 4.78 is 0. The fourth-order valence-electron chi connectivity index (χ4n) is 2.75. The van der Waals surface area contributed by atoms with E-state index in [1.807, 2.05) is 0 Å². The molecule has 10 heteroatoms. The number of fused-ring (bicyclic) bond motifs is 1. The van der Waals surface area contributed by atoms with Gasteiger partial charge in [-0.15, -0.1) is 0 Å². The Kier molecular flexibility index (Phi) is 7.14. The molecule has 6 N–H and O–H groups in total. The normalized spacial score (nSPS) is 12.9. The number of carbonyl (C=O) groups excluding carboxylic acids is 1. The van der Waals surface area contributed by atoms with Crippen molar-refractivity contribution in [2.45, 2.75) is 6.10 Å². The van der Waals surface area contributed by atoms with E-state index in [2.05, 4.69) is 20.4 Å². The average molecular weight is 442 g/mol. The van der Waals surface area contributed by atoms with Crippen molar-refractivity contribution in [1.29, 1.82) is 0 Å². The zero-order chi connectivity index (χ0) is 22.4. The Morgan fingerprint density at radius 1 is 1.23 bits per heavy atom. The van der Waals surface area contributed by atoms with Gasteiger partial charge in [-0.3, -0.25) is 14.6 Å². The molecule has 1 amide bonds. The molecule has 0 saturated carbocycles. The summed E-state index contributed by atoms with van der Waals surface area (Å²) in [6, 6.07) is 13.0. The number of halogens is 1. The monoisotopic (exact) mass is 441 g/mol. The number of pyridine rings is 1. The van der Waals surface area contributed by atoms with Crippen LogP contribution in [0.25, 0.3) is 10.9 Å². The molecule has 3 rings (SSSR count). The number of rotatable bonds is 7. The molecule has 0 spiro atoms. The molecule has 0 fully saturated rings. The van der Waals surface area contributed by atoms with Gasteiger partial charge in [0.2, 0.25) is 0 Å². The van der Waals surface area contributed by atoms with Crippen molar-refractivity contribution < 1.29 is 15.0 Å². The summed E-state index contributed by atoms with van der Waals surface area (Å²) in [5.41, 5.74) is 1.53. The average Bonchev–Trinajstić information content (AvgIpc) is 2.78. The first-order valence-corrected chi connectivity index (χ1v) is 9.61. The van der Waals surface area contributed by atoms with Crippen LogP contribution in [0.3, 0.4) is 0 Å². The van der Waals surface area contributed by atoms with Crippen molar-refractivity contribution in [3.05, 3.63) is 75.0 Å². The van der Waals surface area contributed by atoms with Crippen LogP contribution >= 0.6 is 11.6 Å². The quantitative estimate of drug-likeness (QED) is 0.212. The molecule has 1 heterocycles. The van der Waals surface area contributed by atoms with Gasteiger partial charge in [0.25, 0.3) is 11.5 Å². The highest BCUT2D eigenvalue weighted by atomic mass is 35.5. The van der Waals surface area contributed by atoms with Crippen molar-refractivity contribution in [1.82, 2.24) is 10.3 Å². The van der Waals surface area contributed by atoms with Crippen LogP contribution in [-0.4, -0.2) is 52.3 Å². The minimum absolute atomic E-state index is 0.0585. The minimum Gasteiger partial charge on any atom is -0.394 e. The molecule has 0 radical (unpaired) electrons. The predicted molar refractivity (Wildman–Crippen MR) is 120 cm³/mol. The van der Waals surface area contributed by atoms with Crippen molar-refractivity contribution in [3.63, 3.8) is 0 Å². The van der Waals surface area contributed by atoms with E-state index in [9.17, 15) is 14.7 Å². The molecule has 0 aliphatic rings. The van der Waals surface area contributed by atoms with Gasteiger partial charge in [0.1, 0.15) is 5.71 Å². The molecule has 0 bridgehead atoms. The zero-order valence-electron chi connectivity index (χ0n) is 16.2. The van der Waals surface area contributed by atoms with Crippen molar-refractivity contribution >= 4 is 46.0 Å². The summed E-state index contributed by atoms with van der Waals surface area (Å²) >= 11 is 6.02. The number of aliphatic hydroxyl groups is 2. The molecule has 160 valence electrons. The van der Waals surface area contributed by atoms with Gasteiger partial charge in [0.15, 0.2) is 0 Å². The van der Waals surface area contributed by atoms with Gasteiger partial charge in [-0.2, -0.15) is 5.10 Å². The van der Waals surface area contributed by atoms with E-state index in [0.717, 1.165) is 5.39 Å². The number of hydrazone groups is 1. The van der Waals surface area contributed by atoms with E-state index in [1.165, 1.54) is 6.21 Å². The molecular formula is C21H20ClN5O4. The molecule has 1 atom stereocenters. The largest absolute Gasteiger partial charge is 0.394 e. The number of aromatic nitrogens is 1. The number of aromatic amines is 1. The van der Waals surface area contributed by atoms with Gasteiger partial charge < -0.3 is 26.4 Å². The predicted octanol–water partition coefficient (Wildman–Crippen LogP) is 1.33. The molecule has 2 aromatic carbocycles. The summed E-state index contributed by atoms with van der Waals surface area (Å²) in [4.78, 5) is 31.4. The second-order valence-electron chi connectivity index (χ2n) is 6.61. The van der Waals surface area contributed by atoms with Crippen molar-refractivity contribution in [3.8, 4) is 0 Å². The second kappa shape index (κ2) is 9.98. The van der Waals surface area contributed by atoms with Gasteiger partial charge in [-0.1, -0.05) is 11.6 Å². The lowest BCUT2D eigenvalue weighted by molar-refractivity contribution is 0.0802. The van der Waals surface area contributed by atoms with E-state index in [0.29, 0.717) is 21.8 Å². The van der Waals surface area contributed by atoms with Crippen LogP contribution in [0.5, 0.6) is 0 Å². The number of nitrogens with two attached hydrogens (primary N) is 1. The molecule has 3 aromatic rings. The smallest absolute Gasteiger partial charge is 0.258 e. The van der Waals surface area contributed by atoms with Crippen LogP contribution in [0.2, 0.25) is 5.02 Å². The number of nitrogens with one attached hydrogen (secondary N) is 2. The molecule has 9 nitrogen and oxygen atoms in total. The number of hydrogen-bond donors (Lipinski definition) is 5. The topological polar surface area (TPSA) is 153 Å². The Balaban J connectivity index is 1.77. The Labute approximate surface area is 181 Å². The van der Waals surface area contributed by atoms with Crippen LogP contribution < -0.4 is 16.7 Å². The summed E-state index contributed by atoms with van der Waals surface area (Å²) in [6.07, 6.45) is 0.337.